The zero-order valence-corrected chi connectivity index (χ0v) is 21.7. The molecule has 1 fully saturated rings. The van der Waals surface area contributed by atoms with E-state index in [9.17, 15) is 19.8 Å². The molecule has 1 heterocycles. The highest BCUT2D eigenvalue weighted by atomic mass is 28.3. The topological polar surface area (TPSA) is 145 Å². The predicted octanol–water partition coefficient (Wildman–Crippen LogP) is 1.12. The maximum Gasteiger partial charge on any atom is 0.407 e. The quantitative estimate of drug-likeness (QED) is 0.175. The van der Waals surface area contributed by atoms with E-state index >= 15 is 0 Å². The lowest BCUT2D eigenvalue weighted by Crippen LogP contribution is -2.75. The van der Waals surface area contributed by atoms with Gasteiger partial charge in [0.15, 0.2) is 5.41 Å². The summed E-state index contributed by atoms with van der Waals surface area (Å²) >= 11 is 0. The van der Waals surface area contributed by atoms with Gasteiger partial charge in [-0.3, -0.25) is 0 Å². The molecule has 2 amide bonds. The van der Waals surface area contributed by atoms with Crippen LogP contribution in [0.5, 0.6) is 0 Å². The number of carbonyl (C=O) groups is 2. The van der Waals surface area contributed by atoms with E-state index in [-0.39, 0.29) is 33.0 Å². The van der Waals surface area contributed by atoms with Crippen LogP contribution < -0.4 is 10.6 Å². The van der Waals surface area contributed by atoms with Crippen molar-refractivity contribution in [3.63, 3.8) is 0 Å². The minimum absolute atomic E-state index is 0.0122. The van der Waals surface area contributed by atoms with Crippen molar-refractivity contribution in [1.82, 2.24) is 10.6 Å². The fraction of sp³-hybridized carbons (Fsp3) is 0.727. The molecular weight excluding hydrogens is 464 g/mol. The molecule has 0 aromatic rings. The monoisotopic (exact) mass is 503 g/mol. The van der Waals surface area contributed by atoms with Crippen LogP contribution in [0.25, 0.3) is 0 Å². The number of aliphatic hydroxyl groups is 2. The molecule has 11 nitrogen and oxygen atoms in total. The van der Waals surface area contributed by atoms with Crippen LogP contribution in [-0.2, 0) is 23.7 Å². The summed E-state index contributed by atoms with van der Waals surface area (Å²) in [4.78, 5) is 24.0. The van der Waals surface area contributed by atoms with Gasteiger partial charge in [0.25, 0.3) is 0 Å². The van der Waals surface area contributed by atoms with E-state index in [2.05, 4.69) is 23.8 Å². The Labute approximate surface area is 203 Å². The highest BCUT2D eigenvalue weighted by molar-refractivity contribution is 6.59. The third-order valence-electron chi connectivity index (χ3n) is 4.81. The van der Waals surface area contributed by atoms with E-state index in [1.54, 1.807) is 0 Å². The Morgan fingerprint density at radius 2 is 1.68 bits per heavy atom. The van der Waals surface area contributed by atoms with Gasteiger partial charge in [-0.05, 0) is 20.8 Å². The molecule has 0 bridgehead atoms. The minimum atomic E-state index is -1.58. The molecule has 5 atom stereocenters. The summed E-state index contributed by atoms with van der Waals surface area (Å²) in [6.45, 7) is 16.4. The second-order valence-corrected chi connectivity index (χ2v) is 11.6. The summed E-state index contributed by atoms with van der Waals surface area (Å²) < 4.78 is 28.0. The van der Waals surface area contributed by atoms with Crippen LogP contribution in [0.4, 0.5) is 9.59 Å². The Morgan fingerprint density at radius 3 is 2.21 bits per heavy atom. The largest absolute Gasteiger partial charge is 0.445 e. The lowest BCUT2D eigenvalue weighted by Gasteiger charge is -2.52. The summed E-state index contributed by atoms with van der Waals surface area (Å²) in [5.74, 6) is 0. The van der Waals surface area contributed by atoms with Crippen molar-refractivity contribution in [2.75, 3.05) is 33.0 Å². The van der Waals surface area contributed by atoms with E-state index in [0.717, 1.165) is 0 Å². The Kier molecular flexibility index (Phi) is 12.2. The molecule has 4 N–H and O–H groups in total. The van der Waals surface area contributed by atoms with Crippen LogP contribution in [-0.4, -0.2) is 99.5 Å². The number of amides is 2. The van der Waals surface area contributed by atoms with Gasteiger partial charge in [-0.15, -0.1) is 0 Å². The van der Waals surface area contributed by atoms with Crippen LogP contribution in [0, 0.1) is 0 Å². The number of aliphatic hydroxyl groups excluding tert-OH is 2. The maximum atomic E-state index is 12.3. The summed E-state index contributed by atoms with van der Waals surface area (Å²) in [6, 6.07) is -1.15. The lowest BCUT2D eigenvalue weighted by molar-refractivity contribution is -0.302. The van der Waals surface area contributed by atoms with E-state index in [1.807, 2.05) is 33.9 Å². The van der Waals surface area contributed by atoms with Crippen LogP contribution in [0.1, 0.15) is 20.8 Å². The first-order valence-electron chi connectivity index (χ1n) is 11.1. The summed E-state index contributed by atoms with van der Waals surface area (Å²) in [5.41, 5.74) is -1.99. The second-order valence-electron chi connectivity index (χ2n) is 8.90. The molecule has 0 aromatic heterocycles. The molecule has 1 aliphatic heterocycles. The normalized spacial score (nSPS) is 27.1. The molecule has 1 saturated heterocycles. The molecule has 34 heavy (non-hydrogen) atoms. The number of carbonyl (C=O) groups excluding carboxylic acids is 2. The van der Waals surface area contributed by atoms with Crippen molar-refractivity contribution < 1.29 is 43.5 Å². The van der Waals surface area contributed by atoms with Gasteiger partial charge in [0.05, 0.1) is 18.8 Å². The van der Waals surface area contributed by atoms with E-state index in [4.69, 9.17) is 23.7 Å². The maximum absolute atomic E-state index is 12.3. The van der Waals surface area contributed by atoms with Gasteiger partial charge in [0.2, 0.25) is 0 Å². The molecule has 0 saturated carbocycles. The van der Waals surface area contributed by atoms with Crippen molar-refractivity contribution in [2.24, 2.45) is 0 Å². The number of rotatable bonds is 12. The van der Waals surface area contributed by atoms with Gasteiger partial charge in [-0.1, -0.05) is 38.4 Å². The van der Waals surface area contributed by atoms with E-state index in [1.165, 1.54) is 12.2 Å². The highest BCUT2D eigenvalue weighted by Crippen LogP contribution is 2.34. The first kappa shape index (κ1) is 30.1. The fourth-order valence-corrected chi connectivity index (χ4v) is 4.84. The first-order chi connectivity index (χ1) is 15.9. The summed E-state index contributed by atoms with van der Waals surface area (Å²) in [6.07, 6.45) is -2.36. The molecule has 12 heteroatoms. The molecule has 195 valence electrons. The zero-order valence-electron chi connectivity index (χ0n) is 20.7. The predicted molar refractivity (Wildman–Crippen MR) is 127 cm³/mol. The Morgan fingerprint density at radius 1 is 1.09 bits per heavy atom. The smallest absolute Gasteiger partial charge is 0.407 e. The fourth-order valence-electron chi connectivity index (χ4n) is 3.20. The van der Waals surface area contributed by atoms with Crippen LogP contribution in [0.2, 0.25) is 13.1 Å². The van der Waals surface area contributed by atoms with Crippen molar-refractivity contribution in [3.8, 4) is 0 Å². The molecule has 0 spiro atoms. The SMILES string of the molecule is C=CCOC(=O)NCCO[C@]1([Si](C)C)O[C@H](COC(C)(C)C)[C@@H](O)[C@H](O)[C@H]1NC(=O)OCC=C. The van der Waals surface area contributed by atoms with E-state index < -0.39 is 56.3 Å². The van der Waals surface area contributed by atoms with Crippen LogP contribution >= 0.6 is 0 Å². The van der Waals surface area contributed by atoms with Gasteiger partial charge >= 0.3 is 12.2 Å². The third kappa shape index (κ3) is 9.00. The Hall–Kier alpha value is -1.96. The second kappa shape index (κ2) is 13.8. The van der Waals surface area contributed by atoms with Crippen molar-refractivity contribution in [3.05, 3.63) is 25.3 Å². The average molecular weight is 504 g/mol. The number of alkyl carbamates (subject to hydrolysis) is 2. The molecule has 1 rings (SSSR count). The molecule has 0 aliphatic carbocycles. The van der Waals surface area contributed by atoms with Gasteiger partial charge < -0.3 is 44.5 Å². The lowest BCUT2D eigenvalue weighted by atomic mass is 9.96. The van der Waals surface area contributed by atoms with Gasteiger partial charge in [0.1, 0.15) is 46.4 Å². The van der Waals surface area contributed by atoms with Crippen molar-refractivity contribution >= 4 is 21.0 Å². The van der Waals surface area contributed by atoms with Crippen LogP contribution in [0.15, 0.2) is 25.3 Å². The average Bonchev–Trinajstić information content (AvgIpc) is 2.76. The number of ether oxygens (including phenoxy) is 5. The highest BCUT2D eigenvalue weighted by Gasteiger charge is 2.57. The molecule has 0 aromatic carbocycles. The Balaban J connectivity index is 3.10. The first-order valence-corrected chi connectivity index (χ1v) is 13.6. The van der Waals surface area contributed by atoms with Gasteiger partial charge in [-0.2, -0.15) is 0 Å². The molecule has 1 radical (unpaired) electrons. The molecular formula is C22H39N2O9Si. The number of nitrogens with one attached hydrogen (secondary N) is 2. The third-order valence-corrected chi connectivity index (χ3v) is 6.78. The van der Waals surface area contributed by atoms with Crippen molar-refractivity contribution in [2.45, 2.75) is 69.2 Å². The van der Waals surface area contributed by atoms with Crippen LogP contribution in [0.3, 0.4) is 0 Å². The summed E-state index contributed by atoms with van der Waals surface area (Å²) in [7, 11) is -1.58. The Bertz CT molecular complexity index is 686. The van der Waals surface area contributed by atoms with Gasteiger partial charge in [0, 0.05) is 6.54 Å². The van der Waals surface area contributed by atoms with E-state index in [0.29, 0.717) is 0 Å². The van der Waals surface area contributed by atoms with Gasteiger partial charge in [-0.25, -0.2) is 9.59 Å². The summed E-state index contributed by atoms with van der Waals surface area (Å²) in [5, 5.41) is 26.8. The zero-order chi connectivity index (χ0) is 25.9. The minimum Gasteiger partial charge on any atom is -0.445 e. The molecule has 0 unspecified atom stereocenters. The standard InChI is InChI=1S/C22H39N2O9Si/c1-8-11-29-19(27)23-10-13-31-22(34(6)7)18(24-20(28)30-12-9-2)17(26)16(25)15(33-22)14-32-21(3,4)5/h8-9,15-18,25-26H,1-2,10-14H2,3-7H3,(H,23,27)(H,24,28)/t15-,16-,17+,18-,22+/m1/s1. The van der Waals surface area contributed by atoms with Crippen molar-refractivity contribution in [1.29, 1.82) is 0 Å². The molecule has 1 aliphatic rings. The number of hydrogen-bond acceptors (Lipinski definition) is 9. The number of hydrogen-bond donors (Lipinski definition) is 4.